The fraction of sp³-hybridized carbons (Fsp3) is 0.483. The molecule has 0 aliphatic carbocycles. The van der Waals surface area contributed by atoms with Crippen LogP contribution in [0.2, 0.25) is 0 Å². The second kappa shape index (κ2) is 13.2. The highest BCUT2D eigenvalue weighted by Gasteiger charge is 2.28. The molecule has 3 amide bonds. The molecule has 0 radical (unpaired) electrons. The van der Waals surface area contributed by atoms with E-state index in [9.17, 15) is 14.4 Å². The molecule has 3 atom stereocenters. The number of carbonyl (C=O) groups is 3. The van der Waals surface area contributed by atoms with E-state index < -0.39 is 17.7 Å². The van der Waals surface area contributed by atoms with Gasteiger partial charge in [-0.05, 0) is 74.9 Å². The first-order chi connectivity index (χ1) is 19.1. The van der Waals surface area contributed by atoms with Crippen molar-refractivity contribution >= 4 is 45.0 Å². The molecule has 4 N–H and O–H groups in total. The Balaban J connectivity index is 1.22. The molecule has 4 rings (SSSR count). The Morgan fingerprint density at radius 3 is 2.77 bits per heavy atom. The van der Waals surface area contributed by atoms with Crippen molar-refractivity contribution in [2.24, 2.45) is 17.6 Å². The highest BCUT2D eigenvalue weighted by atomic mass is 32.1. The maximum Gasteiger partial charge on any atom is 0.313 e. The first-order valence-electron chi connectivity index (χ1n) is 13.7. The molecule has 3 heterocycles. The van der Waals surface area contributed by atoms with Crippen molar-refractivity contribution in [3.05, 3.63) is 46.6 Å². The molecule has 1 fully saturated rings. The van der Waals surface area contributed by atoms with Crippen LogP contribution in [0.1, 0.15) is 60.0 Å². The number of amides is 3. The second-order valence-corrected chi connectivity index (χ2v) is 11.9. The van der Waals surface area contributed by atoms with Crippen molar-refractivity contribution in [2.75, 3.05) is 39.1 Å². The maximum atomic E-state index is 12.3. The number of anilines is 1. The largest absolute Gasteiger partial charge is 0.480 e. The molecule has 11 heteroatoms. The molecule has 0 spiro atoms. The van der Waals surface area contributed by atoms with Gasteiger partial charge in [0.05, 0.1) is 34.2 Å². The van der Waals surface area contributed by atoms with Gasteiger partial charge < -0.3 is 26.0 Å². The summed E-state index contributed by atoms with van der Waals surface area (Å²) in [5, 5.41) is 6.37. The van der Waals surface area contributed by atoms with Gasteiger partial charge in [0.1, 0.15) is 5.56 Å². The van der Waals surface area contributed by atoms with Crippen LogP contribution < -0.4 is 21.1 Å². The van der Waals surface area contributed by atoms with E-state index >= 15 is 0 Å². The Hall–Kier alpha value is -3.57. The number of fused-ring (bicyclic) bond motifs is 1. The minimum Gasteiger partial charge on any atom is -0.480 e. The molecule has 0 saturated carbocycles. The van der Waals surface area contributed by atoms with Gasteiger partial charge in [-0.25, -0.2) is 9.97 Å². The summed E-state index contributed by atoms with van der Waals surface area (Å²) in [7, 11) is 3.54. The minimum absolute atomic E-state index is 0.00977. The summed E-state index contributed by atoms with van der Waals surface area (Å²) in [6.07, 6.45) is 5.25. The molecular formula is C29H38N6O4S. The first-order valence-corrected chi connectivity index (χ1v) is 14.5. The molecule has 214 valence electrons. The summed E-state index contributed by atoms with van der Waals surface area (Å²) in [6, 6.07) is 7.92. The number of primary amides is 1. The third-order valence-corrected chi connectivity index (χ3v) is 8.61. The number of rotatable bonds is 10. The van der Waals surface area contributed by atoms with Crippen LogP contribution in [0.3, 0.4) is 0 Å². The van der Waals surface area contributed by atoms with E-state index in [1.54, 1.807) is 0 Å². The van der Waals surface area contributed by atoms with Crippen molar-refractivity contribution in [1.29, 1.82) is 0 Å². The zero-order valence-corrected chi connectivity index (χ0v) is 24.3. The number of ether oxygens (including phenoxy) is 1. The van der Waals surface area contributed by atoms with E-state index in [1.165, 1.54) is 34.6 Å². The van der Waals surface area contributed by atoms with Crippen LogP contribution in [0, 0.1) is 11.8 Å². The Morgan fingerprint density at radius 1 is 1.25 bits per heavy atom. The first kappa shape index (κ1) is 29.4. The fourth-order valence-corrected chi connectivity index (χ4v) is 6.39. The molecule has 10 nitrogen and oxygen atoms in total. The quantitative estimate of drug-likeness (QED) is 0.319. The highest BCUT2D eigenvalue weighted by Crippen LogP contribution is 2.37. The second-order valence-electron chi connectivity index (χ2n) is 10.8. The van der Waals surface area contributed by atoms with E-state index in [0.29, 0.717) is 18.4 Å². The van der Waals surface area contributed by atoms with Crippen LogP contribution in [0.5, 0.6) is 5.88 Å². The van der Waals surface area contributed by atoms with Crippen LogP contribution >= 0.6 is 11.3 Å². The van der Waals surface area contributed by atoms with Gasteiger partial charge >= 0.3 is 11.8 Å². The fourth-order valence-electron chi connectivity index (χ4n) is 5.18. The van der Waals surface area contributed by atoms with Crippen molar-refractivity contribution in [3.8, 4) is 5.88 Å². The number of likely N-dealkylation sites (tertiary alicyclic amines) is 1. The number of thiazole rings is 1. The lowest BCUT2D eigenvalue weighted by Gasteiger charge is -2.33. The lowest BCUT2D eigenvalue weighted by molar-refractivity contribution is -0.136. The molecule has 0 unspecified atom stereocenters. The number of benzene rings is 1. The number of nitrogens with one attached hydrogen (secondary N) is 2. The molecule has 40 heavy (non-hydrogen) atoms. The van der Waals surface area contributed by atoms with Gasteiger partial charge in [-0.1, -0.05) is 19.9 Å². The van der Waals surface area contributed by atoms with E-state index in [4.69, 9.17) is 15.5 Å². The van der Waals surface area contributed by atoms with Crippen LogP contribution in [0.15, 0.2) is 30.5 Å². The monoisotopic (exact) mass is 566 g/mol. The summed E-state index contributed by atoms with van der Waals surface area (Å²) in [6.45, 7) is 6.99. The standard InChI is InChI=1S/C29H38N6O4S/c1-17(14-31-26(37)27(38)33-20-13-22(25(30)36)28(39-4)32-15-20)6-5-7-19-8-9-24-23(12-19)34-29(40-24)21-10-11-35(3)16-18(21)2/h8-9,12-13,15,17-18,21H,5-7,10-11,14,16H2,1-4H3,(H2,30,36)(H,31,37)(H,33,38)/t17-,18+,21-/m0/s1. The summed E-state index contributed by atoms with van der Waals surface area (Å²) < 4.78 is 6.23. The summed E-state index contributed by atoms with van der Waals surface area (Å²) in [5.41, 5.74) is 7.85. The number of nitrogens with two attached hydrogens (primary N) is 1. The third kappa shape index (κ3) is 7.33. The van der Waals surface area contributed by atoms with Gasteiger partial charge in [0.25, 0.3) is 5.91 Å². The maximum absolute atomic E-state index is 12.3. The number of piperidine rings is 1. The molecule has 3 aromatic rings. The minimum atomic E-state index is -0.847. The molecule has 2 aromatic heterocycles. The Bertz CT molecular complexity index is 1380. The molecular weight excluding hydrogens is 528 g/mol. The lowest BCUT2D eigenvalue weighted by Crippen LogP contribution is -2.37. The zero-order chi connectivity index (χ0) is 28.8. The van der Waals surface area contributed by atoms with Gasteiger partial charge in [0, 0.05) is 19.0 Å². The number of hydrogen-bond acceptors (Lipinski definition) is 8. The van der Waals surface area contributed by atoms with Crippen molar-refractivity contribution in [2.45, 2.75) is 45.4 Å². The Labute approximate surface area is 238 Å². The number of aryl methyl sites for hydroxylation is 1. The topological polar surface area (TPSA) is 140 Å². The third-order valence-electron chi connectivity index (χ3n) is 7.44. The van der Waals surface area contributed by atoms with Crippen LogP contribution in [-0.2, 0) is 16.0 Å². The number of pyridine rings is 1. The van der Waals surface area contributed by atoms with Gasteiger partial charge in [-0.3, -0.25) is 14.4 Å². The Morgan fingerprint density at radius 2 is 2.05 bits per heavy atom. The Kier molecular flexibility index (Phi) is 9.70. The van der Waals surface area contributed by atoms with Gasteiger partial charge in [-0.2, -0.15) is 0 Å². The number of methoxy groups -OCH3 is 1. The van der Waals surface area contributed by atoms with Crippen molar-refractivity contribution in [3.63, 3.8) is 0 Å². The summed E-state index contributed by atoms with van der Waals surface area (Å²) in [4.78, 5) is 47.5. The normalized spacial score (nSPS) is 18.3. The van der Waals surface area contributed by atoms with Crippen molar-refractivity contribution < 1.29 is 19.1 Å². The van der Waals surface area contributed by atoms with E-state index in [0.717, 1.165) is 44.3 Å². The molecule has 1 saturated heterocycles. The van der Waals surface area contributed by atoms with E-state index in [2.05, 4.69) is 52.7 Å². The zero-order valence-electron chi connectivity index (χ0n) is 23.5. The summed E-state index contributed by atoms with van der Waals surface area (Å²) >= 11 is 1.83. The average molecular weight is 567 g/mol. The molecule has 1 aromatic carbocycles. The predicted molar refractivity (Wildman–Crippen MR) is 157 cm³/mol. The average Bonchev–Trinajstić information content (AvgIpc) is 3.34. The van der Waals surface area contributed by atoms with E-state index in [1.807, 2.05) is 18.3 Å². The molecule has 1 aliphatic rings. The lowest BCUT2D eigenvalue weighted by atomic mass is 9.88. The number of hydrogen-bond donors (Lipinski definition) is 3. The van der Waals surface area contributed by atoms with Crippen LogP contribution in [0.4, 0.5) is 5.69 Å². The molecule has 0 bridgehead atoms. The van der Waals surface area contributed by atoms with Gasteiger partial charge in [0.2, 0.25) is 5.88 Å². The highest BCUT2D eigenvalue weighted by molar-refractivity contribution is 7.18. The molecule has 1 aliphatic heterocycles. The smallest absolute Gasteiger partial charge is 0.313 e. The SMILES string of the molecule is COc1ncc(NC(=O)C(=O)NC[C@@H](C)CCCc2ccc3sc([C@H]4CCN(C)C[C@H]4C)nc3c2)cc1C(N)=O. The number of nitrogens with zero attached hydrogens (tertiary/aromatic N) is 3. The predicted octanol–water partition coefficient (Wildman–Crippen LogP) is 3.57. The van der Waals surface area contributed by atoms with Crippen molar-refractivity contribution in [1.82, 2.24) is 20.2 Å². The van der Waals surface area contributed by atoms with Gasteiger partial charge in [0.15, 0.2) is 0 Å². The number of aromatic nitrogens is 2. The van der Waals surface area contributed by atoms with Gasteiger partial charge in [-0.15, -0.1) is 11.3 Å². The van der Waals surface area contributed by atoms with E-state index in [-0.39, 0.29) is 23.0 Å². The summed E-state index contributed by atoms with van der Waals surface area (Å²) in [5.74, 6) is -0.968. The number of carbonyl (C=O) groups excluding carboxylic acids is 3. The van der Waals surface area contributed by atoms with Crippen LogP contribution in [0.25, 0.3) is 10.2 Å². The van der Waals surface area contributed by atoms with Crippen LogP contribution in [-0.4, -0.2) is 66.4 Å².